The molecule has 3 rings (SSSR count). The fraction of sp³-hybridized carbons (Fsp3) is 0. The molecule has 1 amide bonds. The van der Waals surface area contributed by atoms with Crippen LogP contribution >= 0.6 is 39.0 Å². The molecule has 0 radical (unpaired) electrons. The van der Waals surface area contributed by atoms with Crippen molar-refractivity contribution in [3.63, 3.8) is 0 Å². The van der Waals surface area contributed by atoms with E-state index < -0.39 is 0 Å². The first-order chi connectivity index (χ1) is 8.72. The number of amides is 1. The Balaban J connectivity index is 1.96. The number of hydrogen-bond donors (Lipinski definition) is 1. The Morgan fingerprint density at radius 1 is 1.28 bits per heavy atom. The summed E-state index contributed by atoms with van der Waals surface area (Å²) in [7, 11) is 0. The lowest BCUT2D eigenvalue weighted by Crippen LogP contribution is -2.16. The van der Waals surface area contributed by atoms with Gasteiger partial charge in [-0.1, -0.05) is 23.9 Å². The summed E-state index contributed by atoms with van der Waals surface area (Å²) >= 11 is 6.53. The number of benzene rings is 1. The Labute approximate surface area is 121 Å². The van der Waals surface area contributed by atoms with Gasteiger partial charge < -0.3 is 5.32 Å². The molecule has 18 heavy (non-hydrogen) atoms. The van der Waals surface area contributed by atoms with Gasteiger partial charge in [0, 0.05) is 19.6 Å². The van der Waals surface area contributed by atoms with Crippen molar-refractivity contribution in [3.8, 4) is 0 Å². The Morgan fingerprint density at radius 3 is 2.89 bits per heavy atom. The highest BCUT2D eigenvalue weighted by molar-refractivity contribution is 9.10. The van der Waals surface area contributed by atoms with Gasteiger partial charge in [-0.05, 0) is 40.2 Å². The Hall–Kier alpha value is -1.04. The summed E-state index contributed by atoms with van der Waals surface area (Å²) in [5, 5.41) is 4.91. The lowest BCUT2D eigenvalue weighted by atomic mass is 10.3. The van der Waals surface area contributed by atoms with Crippen LogP contribution in [0.25, 0.3) is 6.08 Å². The van der Waals surface area contributed by atoms with E-state index in [0.717, 1.165) is 24.8 Å². The van der Waals surface area contributed by atoms with Crippen LogP contribution in [0.1, 0.15) is 4.88 Å². The van der Waals surface area contributed by atoms with Gasteiger partial charge in [-0.15, -0.1) is 11.3 Å². The van der Waals surface area contributed by atoms with E-state index in [9.17, 15) is 4.79 Å². The molecular formula is C13H8BrNOS2. The molecule has 0 bridgehead atoms. The molecule has 0 aliphatic carbocycles. The lowest BCUT2D eigenvalue weighted by molar-refractivity contribution is -0.112. The van der Waals surface area contributed by atoms with Crippen molar-refractivity contribution in [2.75, 3.05) is 5.32 Å². The van der Waals surface area contributed by atoms with E-state index in [1.165, 1.54) is 11.8 Å². The van der Waals surface area contributed by atoms with Crippen molar-refractivity contribution in [2.45, 2.75) is 4.90 Å². The number of hydrogen-bond acceptors (Lipinski definition) is 3. The number of fused-ring (bicyclic) bond motifs is 1. The van der Waals surface area contributed by atoms with Gasteiger partial charge in [0.05, 0.1) is 10.6 Å². The molecule has 0 fully saturated rings. The Kier molecular flexibility index (Phi) is 3.28. The number of thiophene rings is 1. The molecule has 2 nitrogen and oxygen atoms in total. The van der Waals surface area contributed by atoms with E-state index in [-0.39, 0.29) is 5.91 Å². The first-order valence-electron chi connectivity index (χ1n) is 5.26. The summed E-state index contributed by atoms with van der Waals surface area (Å²) in [5.41, 5.74) is 0.886. The predicted molar refractivity (Wildman–Crippen MR) is 80.9 cm³/mol. The third-order valence-corrected chi connectivity index (χ3v) is 5.18. The van der Waals surface area contributed by atoms with Gasteiger partial charge in [0.2, 0.25) is 0 Å². The summed E-state index contributed by atoms with van der Waals surface area (Å²) in [4.78, 5) is 14.8. The van der Waals surface area contributed by atoms with Crippen LogP contribution in [0.15, 0.2) is 50.0 Å². The molecule has 0 unspecified atom stereocenters. The second kappa shape index (κ2) is 4.91. The van der Waals surface area contributed by atoms with Crippen molar-refractivity contribution in [3.05, 3.63) is 50.0 Å². The molecular weight excluding hydrogens is 330 g/mol. The van der Waals surface area contributed by atoms with Crippen LogP contribution in [0.2, 0.25) is 0 Å². The number of para-hydroxylation sites is 1. The Morgan fingerprint density at radius 2 is 2.11 bits per heavy atom. The summed E-state index contributed by atoms with van der Waals surface area (Å²) in [5.74, 6) is -0.0387. The molecule has 1 aromatic heterocycles. The minimum absolute atomic E-state index is 0.0387. The maximum atomic E-state index is 12.0. The van der Waals surface area contributed by atoms with E-state index in [1.807, 2.05) is 41.8 Å². The first-order valence-corrected chi connectivity index (χ1v) is 7.75. The van der Waals surface area contributed by atoms with Gasteiger partial charge >= 0.3 is 0 Å². The van der Waals surface area contributed by atoms with E-state index in [2.05, 4.69) is 21.2 Å². The summed E-state index contributed by atoms with van der Waals surface area (Å²) in [6.45, 7) is 0. The third-order valence-electron chi connectivity index (χ3n) is 2.44. The van der Waals surface area contributed by atoms with Crippen LogP contribution in [0, 0.1) is 0 Å². The van der Waals surface area contributed by atoms with Gasteiger partial charge in [0.15, 0.2) is 0 Å². The lowest BCUT2D eigenvalue weighted by Gasteiger charge is -2.17. The molecule has 2 heterocycles. The fourth-order valence-electron chi connectivity index (χ4n) is 1.64. The van der Waals surface area contributed by atoms with Crippen LogP contribution in [-0.2, 0) is 4.79 Å². The van der Waals surface area contributed by atoms with E-state index in [1.54, 1.807) is 11.3 Å². The zero-order valence-corrected chi connectivity index (χ0v) is 12.4. The number of rotatable bonds is 1. The highest BCUT2D eigenvalue weighted by atomic mass is 79.9. The molecule has 90 valence electrons. The van der Waals surface area contributed by atoms with Crippen LogP contribution in [0.4, 0.5) is 5.69 Å². The molecule has 1 aliphatic heterocycles. The number of anilines is 1. The van der Waals surface area contributed by atoms with Crippen LogP contribution in [0.3, 0.4) is 0 Å². The zero-order valence-electron chi connectivity index (χ0n) is 9.14. The molecule has 1 aromatic carbocycles. The predicted octanol–water partition coefficient (Wildman–Crippen LogP) is 4.60. The van der Waals surface area contributed by atoms with Gasteiger partial charge in [0.1, 0.15) is 0 Å². The van der Waals surface area contributed by atoms with Crippen LogP contribution < -0.4 is 5.32 Å². The van der Waals surface area contributed by atoms with Crippen molar-refractivity contribution >= 4 is 56.7 Å². The molecule has 1 aliphatic rings. The maximum Gasteiger partial charge on any atom is 0.262 e. The second-order valence-electron chi connectivity index (χ2n) is 3.73. The van der Waals surface area contributed by atoms with Crippen molar-refractivity contribution in [2.24, 2.45) is 0 Å². The average molecular weight is 338 g/mol. The number of nitrogens with one attached hydrogen (secondary N) is 1. The minimum Gasteiger partial charge on any atom is -0.320 e. The molecule has 0 saturated carbocycles. The molecule has 0 spiro atoms. The van der Waals surface area contributed by atoms with Gasteiger partial charge in [-0.25, -0.2) is 0 Å². The normalized spacial score (nSPS) is 16.5. The van der Waals surface area contributed by atoms with Crippen LogP contribution in [0.5, 0.6) is 0 Å². The SMILES string of the molecule is O=C1Nc2ccccc2S/C1=C\c1cc(Br)cs1. The monoisotopic (exact) mass is 337 g/mol. The number of carbonyl (C=O) groups is 1. The third kappa shape index (κ3) is 2.39. The minimum atomic E-state index is -0.0387. The molecule has 2 aromatic rings. The number of halogens is 1. The van der Waals surface area contributed by atoms with E-state index in [0.29, 0.717) is 0 Å². The summed E-state index contributed by atoms with van der Waals surface area (Å²) in [6, 6.07) is 9.83. The van der Waals surface area contributed by atoms with Crippen molar-refractivity contribution in [1.29, 1.82) is 0 Å². The number of thioether (sulfide) groups is 1. The topological polar surface area (TPSA) is 29.1 Å². The summed E-state index contributed by atoms with van der Waals surface area (Å²) in [6.07, 6.45) is 1.92. The number of carbonyl (C=O) groups excluding carboxylic acids is 1. The Bertz CT molecular complexity index is 648. The largest absolute Gasteiger partial charge is 0.320 e. The van der Waals surface area contributed by atoms with Gasteiger partial charge in [0.25, 0.3) is 5.91 Å². The molecule has 5 heteroatoms. The molecule has 0 saturated heterocycles. The fourth-order valence-corrected chi connectivity index (χ4v) is 4.03. The maximum absolute atomic E-state index is 12.0. The first kappa shape index (κ1) is 12.0. The second-order valence-corrected chi connectivity index (χ2v) is 6.67. The highest BCUT2D eigenvalue weighted by Crippen LogP contribution is 2.39. The van der Waals surface area contributed by atoms with Crippen molar-refractivity contribution in [1.82, 2.24) is 0 Å². The quantitative estimate of drug-likeness (QED) is 0.770. The molecule has 0 atom stereocenters. The smallest absolute Gasteiger partial charge is 0.262 e. The van der Waals surface area contributed by atoms with E-state index in [4.69, 9.17) is 0 Å². The van der Waals surface area contributed by atoms with Crippen molar-refractivity contribution < 1.29 is 4.79 Å². The highest BCUT2D eigenvalue weighted by Gasteiger charge is 2.20. The zero-order chi connectivity index (χ0) is 12.5. The van der Waals surface area contributed by atoms with E-state index >= 15 is 0 Å². The standard InChI is InChI=1S/C13H8BrNOS2/c14-8-5-9(17-7-8)6-12-13(16)15-10-3-1-2-4-11(10)18-12/h1-7H,(H,15,16)/b12-6-. The van der Waals surface area contributed by atoms with Crippen LogP contribution in [-0.4, -0.2) is 5.91 Å². The van der Waals surface area contributed by atoms with Gasteiger partial charge in [-0.3, -0.25) is 4.79 Å². The molecule has 1 N–H and O–H groups in total. The average Bonchev–Trinajstić information content (AvgIpc) is 2.76. The van der Waals surface area contributed by atoms with Gasteiger partial charge in [-0.2, -0.15) is 0 Å². The summed E-state index contributed by atoms with van der Waals surface area (Å²) < 4.78 is 1.04.